The van der Waals surface area contributed by atoms with Crippen LogP contribution in [0.2, 0.25) is 5.02 Å². The van der Waals surface area contributed by atoms with Gasteiger partial charge in [0.2, 0.25) is 17.7 Å². The number of hydrogen-bond acceptors (Lipinski definition) is 3. The summed E-state index contributed by atoms with van der Waals surface area (Å²) in [6.07, 6.45) is 4.95. The Morgan fingerprint density at radius 2 is 1.57 bits per heavy atom. The first kappa shape index (κ1) is 19.1. The lowest BCUT2D eigenvalue weighted by molar-refractivity contribution is -0.144. The van der Waals surface area contributed by atoms with Crippen molar-refractivity contribution in [2.24, 2.45) is 23.7 Å². The van der Waals surface area contributed by atoms with E-state index in [9.17, 15) is 14.4 Å². The number of halogens is 1. The van der Waals surface area contributed by atoms with Crippen molar-refractivity contribution >= 4 is 35.0 Å². The van der Waals surface area contributed by atoms with E-state index < -0.39 is 6.04 Å². The molecule has 0 radical (unpaired) electrons. The number of benzene rings is 2. The number of carbonyl (C=O) groups excluding carboxylic acids is 3. The zero-order valence-electron chi connectivity index (χ0n) is 16.2. The van der Waals surface area contributed by atoms with Crippen molar-refractivity contribution in [3.05, 3.63) is 77.3 Å². The molecule has 0 aromatic heterocycles. The van der Waals surface area contributed by atoms with Gasteiger partial charge in [0.1, 0.15) is 0 Å². The van der Waals surface area contributed by atoms with Gasteiger partial charge in [0.25, 0.3) is 0 Å². The van der Waals surface area contributed by atoms with Crippen molar-refractivity contribution in [2.75, 3.05) is 5.32 Å². The molecule has 2 aromatic carbocycles. The first-order valence-electron chi connectivity index (χ1n) is 10.2. The second-order valence-electron chi connectivity index (χ2n) is 8.20. The quantitative estimate of drug-likeness (QED) is 0.581. The lowest BCUT2D eigenvalue weighted by Crippen LogP contribution is -2.38. The maximum Gasteiger partial charge on any atom is 0.234 e. The van der Waals surface area contributed by atoms with Crippen LogP contribution in [0.3, 0.4) is 0 Å². The third-order valence-electron chi connectivity index (χ3n) is 6.52. The molecule has 5 atom stereocenters. The standard InChI is InChI=1S/C24H21ClN2O3/c25-18-9-5-4-8-17(18)19(13-20(28)26-16-6-2-1-3-7-16)27-23(29)21-14-10-11-15(12-14)22(21)24(27)30/h1-11,14-15,19,21-22H,12-13H2,(H,26,28). The van der Waals surface area contributed by atoms with Crippen molar-refractivity contribution in [2.45, 2.75) is 18.9 Å². The molecule has 2 fully saturated rings. The fourth-order valence-corrected chi connectivity index (χ4v) is 5.49. The SMILES string of the molecule is O=C(CC(c1ccccc1Cl)N1C(=O)C2C3C=CC(C3)C2C1=O)Nc1ccccc1. The van der Waals surface area contributed by atoms with Crippen LogP contribution >= 0.6 is 11.6 Å². The van der Waals surface area contributed by atoms with Crippen molar-refractivity contribution in [3.63, 3.8) is 0 Å². The average molecular weight is 421 g/mol. The molecule has 1 saturated carbocycles. The summed E-state index contributed by atoms with van der Waals surface area (Å²) in [5, 5.41) is 3.29. The summed E-state index contributed by atoms with van der Waals surface area (Å²) >= 11 is 6.43. The molecule has 30 heavy (non-hydrogen) atoms. The molecule has 2 aliphatic carbocycles. The Balaban J connectivity index is 1.46. The van der Waals surface area contributed by atoms with Gasteiger partial charge in [-0.2, -0.15) is 0 Å². The van der Waals surface area contributed by atoms with Crippen molar-refractivity contribution < 1.29 is 14.4 Å². The molecule has 3 amide bonds. The van der Waals surface area contributed by atoms with E-state index in [-0.39, 0.29) is 47.8 Å². The Hall–Kier alpha value is -2.92. The molecule has 6 heteroatoms. The summed E-state index contributed by atoms with van der Waals surface area (Å²) < 4.78 is 0. The lowest BCUT2D eigenvalue weighted by atomic mass is 9.85. The molecule has 5 nitrogen and oxygen atoms in total. The Morgan fingerprint density at radius 1 is 0.967 bits per heavy atom. The number of carbonyl (C=O) groups is 3. The van der Waals surface area contributed by atoms with Crippen LogP contribution in [0.1, 0.15) is 24.4 Å². The first-order chi connectivity index (χ1) is 14.5. The number of nitrogens with zero attached hydrogens (tertiary/aromatic N) is 1. The van der Waals surface area contributed by atoms with Crippen LogP contribution in [0.4, 0.5) is 5.69 Å². The van der Waals surface area contributed by atoms with Gasteiger partial charge in [-0.1, -0.05) is 60.2 Å². The predicted octanol–water partition coefficient (Wildman–Crippen LogP) is 4.22. The van der Waals surface area contributed by atoms with Gasteiger partial charge < -0.3 is 5.32 Å². The fourth-order valence-electron chi connectivity index (χ4n) is 5.23. The summed E-state index contributed by atoms with van der Waals surface area (Å²) in [5.74, 6) is -1.02. The van der Waals surface area contributed by atoms with Crippen molar-refractivity contribution in [1.82, 2.24) is 4.90 Å². The number of nitrogens with one attached hydrogen (secondary N) is 1. The molecular weight excluding hydrogens is 400 g/mol. The van der Waals surface area contributed by atoms with Gasteiger partial charge in [-0.25, -0.2) is 0 Å². The van der Waals surface area contributed by atoms with Crippen LogP contribution in [0.15, 0.2) is 66.7 Å². The number of para-hydroxylation sites is 1. The van der Waals surface area contributed by atoms with Crippen LogP contribution < -0.4 is 5.32 Å². The normalized spacial score (nSPS) is 27.4. The van der Waals surface area contributed by atoms with Gasteiger partial charge in [0.05, 0.1) is 24.3 Å². The minimum Gasteiger partial charge on any atom is -0.326 e. The van der Waals surface area contributed by atoms with Crippen LogP contribution in [0, 0.1) is 23.7 Å². The van der Waals surface area contributed by atoms with Gasteiger partial charge in [-0.05, 0) is 42.0 Å². The molecule has 2 bridgehead atoms. The first-order valence-corrected chi connectivity index (χ1v) is 10.6. The third kappa shape index (κ3) is 3.05. The Bertz CT molecular complexity index is 1020. The van der Waals surface area contributed by atoms with E-state index in [0.29, 0.717) is 16.3 Å². The van der Waals surface area contributed by atoms with E-state index in [1.807, 2.05) is 18.2 Å². The summed E-state index contributed by atoms with van der Waals surface area (Å²) in [6.45, 7) is 0. The van der Waals surface area contributed by atoms with E-state index in [4.69, 9.17) is 11.6 Å². The van der Waals surface area contributed by atoms with Crippen LogP contribution in [0.5, 0.6) is 0 Å². The highest BCUT2D eigenvalue weighted by molar-refractivity contribution is 6.31. The highest BCUT2D eigenvalue weighted by Crippen LogP contribution is 2.54. The molecule has 5 rings (SSSR count). The van der Waals surface area contributed by atoms with E-state index in [2.05, 4.69) is 17.5 Å². The van der Waals surface area contributed by atoms with Crippen molar-refractivity contribution in [1.29, 1.82) is 0 Å². The molecule has 152 valence electrons. The molecule has 3 aliphatic rings. The van der Waals surface area contributed by atoms with Gasteiger partial charge in [-0.3, -0.25) is 19.3 Å². The largest absolute Gasteiger partial charge is 0.326 e. The topological polar surface area (TPSA) is 66.5 Å². The van der Waals surface area contributed by atoms with Crippen molar-refractivity contribution in [3.8, 4) is 0 Å². The van der Waals surface area contributed by atoms with E-state index in [0.717, 1.165) is 6.42 Å². The lowest BCUT2D eigenvalue weighted by Gasteiger charge is -2.28. The van der Waals surface area contributed by atoms with E-state index >= 15 is 0 Å². The Labute approximate surface area is 179 Å². The molecule has 2 aromatic rings. The van der Waals surface area contributed by atoms with Crippen LogP contribution in [0.25, 0.3) is 0 Å². The molecule has 1 aliphatic heterocycles. The number of anilines is 1. The van der Waals surface area contributed by atoms with Gasteiger partial charge in [-0.15, -0.1) is 0 Å². The number of fused-ring (bicyclic) bond motifs is 5. The molecule has 0 spiro atoms. The monoisotopic (exact) mass is 420 g/mol. The number of likely N-dealkylation sites (tertiary alicyclic amines) is 1. The molecule has 1 heterocycles. The average Bonchev–Trinajstić information content (AvgIpc) is 3.42. The molecule has 1 saturated heterocycles. The minimum atomic E-state index is -0.729. The number of hydrogen-bond donors (Lipinski definition) is 1. The smallest absolute Gasteiger partial charge is 0.234 e. The van der Waals surface area contributed by atoms with Crippen LogP contribution in [-0.4, -0.2) is 22.6 Å². The predicted molar refractivity (Wildman–Crippen MR) is 113 cm³/mol. The Kier molecular flexibility index (Phi) is 4.70. The summed E-state index contributed by atoms with van der Waals surface area (Å²) in [6, 6.07) is 15.5. The maximum absolute atomic E-state index is 13.3. The number of allylic oxidation sites excluding steroid dienone is 2. The number of rotatable bonds is 5. The zero-order valence-corrected chi connectivity index (χ0v) is 17.0. The third-order valence-corrected chi connectivity index (χ3v) is 6.86. The second-order valence-corrected chi connectivity index (χ2v) is 8.61. The number of amides is 3. The van der Waals surface area contributed by atoms with Crippen LogP contribution in [-0.2, 0) is 14.4 Å². The second kappa shape index (κ2) is 7.40. The maximum atomic E-state index is 13.3. The van der Waals surface area contributed by atoms with Gasteiger partial charge >= 0.3 is 0 Å². The molecular formula is C24H21ClN2O3. The summed E-state index contributed by atoms with van der Waals surface area (Å²) in [5.41, 5.74) is 1.28. The zero-order chi connectivity index (χ0) is 20.8. The summed E-state index contributed by atoms with van der Waals surface area (Å²) in [7, 11) is 0. The summed E-state index contributed by atoms with van der Waals surface area (Å²) in [4.78, 5) is 40.9. The highest BCUT2D eigenvalue weighted by Gasteiger charge is 2.60. The molecule has 5 unspecified atom stereocenters. The van der Waals surface area contributed by atoms with Gasteiger partial charge in [0, 0.05) is 10.7 Å². The fraction of sp³-hybridized carbons (Fsp3) is 0.292. The van der Waals surface area contributed by atoms with Gasteiger partial charge in [0.15, 0.2) is 0 Å². The van der Waals surface area contributed by atoms with E-state index in [1.165, 1.54) is 4.90 Å². The van der Waals surface area contributed by atoms with E-state index in [1.54, 1.807) is 36.4 Å². The highest BCUT2D eigenvalue weighted by atomic mass is 35.5. The Morgan fingerprint density at radius 3 is 2.20 bits per heavy atom. The number of imide groups is 1. The minimum absolute atomic E-state index is 0.0433. The molecule has 1 N–H and O–H groups in total.